The summed E-state index contributed by atoms with van der Waals surface area (Å²) in [6.07, 6.45) is 4.47. The maximum Gasteiger partial charge on any atom is 0.308 e. The Bertz CT molecular complexity index is 400. The fraction of sp³-hybridized carbons (Fsp3) is 0.636. The molecule has 2 unspecified atom stereocenters. The minimum absolute atomic E-state index is 0.0620. The predicted octanol–water partition coefficient (Wildman–Crippen LogP) is 1.26. The molecule has 0 radical (unpaired) electrons. The van der Waals surface area contributed by atoms with Crippen LogP contribution in [0.25, 0.3) is 0 Å². The molecule has 88 valence electrons. The lowest BCUT2D eigenvalue weighted by Gasteiger charge is -2.34. The second-order valence-electron chi connectivity index (χ2n) is 4.29. The van der Waals surface area contributed by atoms with Gasteiger partial charge in [0, 0.05) is 19.3 Å². The fourth-order valence-electron chi connectivity index (χ4n) is 2.08. The van der Waals surface area contributed by atoms with Crippen molar-refractivity contribution in [2.24, 2.45) is 13.0 Å². The summed E-state index contributed by atoms with van der Waals surface area (Å²) in [7, 11) is 1.87. The smallest absolute Gasteiger partial charge is 0.308 e. The van der Waals surface area contributed by atoms with Gasteiger partial charge in [0.15, 0.2) is 0 Å². The Labute approximate surface area is 94.5 Å². The number of carbonyl (C=O) groups is 1. The minimum atomic E-state index is -0.703. The van der Waals surface area contributed by atoms with Gasteiger partial charge < -0.3 is 10.4 Å². The van der Waals surface area contributed by atoms with Crippen LogP contribution in [0.15, 0.2) is 6.20 Å². The number of nitrogens with one attached hydrogen (secondary N) is 1. The van der Waals surface area contributed by atoms with Crippen LogP contribution >= 0.6 is 0 Å². The van der Waals surface area contributed by atoms with E-state index in [-0.39, 0.29) is 12.0 Å². The summed E-state index contributed by atoms with van der Waals surface area (Å²) in [5.74, 6) is -0.949. The minimum Gasteiger partial charge on any atom is -0.481 e. The first-order chi connectivity index (χ1) is 7.61. The highest BCUT2D eigenvalue weighted by molar-refractivity contribution is 5.73. The van der Waals surface area contributed by atoms with Crippen LogP contribution in [0.2, 0.25) is 0 Å². The van der Waals surface area contributed by atoms with Crippen molar-refractivity contribution in [2.45, 2.75) is 32.2 Å². The third-order valence-electron chi connectivity index (χ3n) is 3.17. The van der Waals surface area contributed by atoms with Crippen molar-refractivity contribution in [3.63, 3.8) is 0 Å². The summed E-state index contributed by atoms with van der Waals surface area (Å²) in [4.78, 5) is 10.9. The van der Waals surface area contributed by atoms with Gasteiger partial charge in [0.2, 0.25) is 0 Å². The van der Waals surface area contributed by atoms with E-state index in [1.54, 1.807) is 4.68 Å². The first-order valence-corrected chi connectivity index (χ1v) is 5.63. The van der Waals surface area contributed by atoms with Gasteiger partial charge in [0.1, 0.15) is 0 Å². The molecule has 1 saturated carbocycles. The molecule has 2 rings (SSSR count). The zero-order valence-electron chi connectivity index (χ0n) is 9.60. The Hall–Kier alpha value is -1.52. The highest BCUT2D eigenvalue weighted by Crippen LogP contribution is 2.31. The third-order valence-corrected chi connectivity index (χ3v) is 3.17. The molecular formula is C11H17N3O2. The monoisotopic (exact) mass is 223 g/mol. The van der Waals surface area contributed by atoms with Gasteiger partial charge in [0.25, 0.3) is 0 Å². The zero-order chi connectivity index (χ0) is 11.7. The van der Waals surface area contributed by atoms with Crippen LogP contribution in [0.5, 0.6) is 0 Å². The second-order valence-corrected chi connectivity index (χ2v) is 4.29. The van der Waals surface area contributed by atoms with Crippen molar-refractivity contribution in [1.82, 2.24) is 9.78 Å². The first-order valence-electron chi connectivity index (χ1n) is 5.63. The van der Waals surface area contributed by atoms with Gasteiger partial charge in [0.05, 0.1) is 17.3 Å². The van der Waals surface area contributed by atoms with Gasteiger partial charge in [-0.05, 0) is 19.3 Å². The molecule has 5 nitrogen and oxygen atoms in total. The van der Waals surface area contributed by atoms with Crippen LogP contribution in [0.3, 0.4) is 0 Å². The summed E-state index contributed by atoms with van der Waals surface area (Å²) in [6.45, 7) is 2.04. The maximum atomic E-state index is 10.9. The van der Waals surface area contributed by atoms with E-state index < -0.39 is 5.97 Å². The third kappa shape index (κ3) is 1.89. The lowest BCUT2D eigenvalue weighted by molar-refractivity contribution is -0.144. The van der Waals surface area contributed by atoms with Crippen LogP contribution in [0.1, 0.15) is 25.5 Å². The summed E-state index contributed by atoms with van der Waals surface area (Å²) < 4.78 is 1.76. The molecule has 1 fully saturated rings. The molecule has 16 heavy (non-hydrogen) atoms. The van der Waals surface area contributed by atoms with E-state index in [0.29, 0.717) is 0 Å². The van der Waals surface area contributed by atoms with Gasteiger partial charge in [-0.3, -0.25) is 9.48 Å². The van der Waals surface area contributed by atoms with Crippen molar-refractivity contribution in [3.8, 4) is 0 Å². The molecule has 0 bridgehead atoms. The van der Waals surface area contributed by atoms with Crippen molar-refractivity contribution < 1.29 is 9.90 Å². The lowest BCUT2D eigenvalue weighted by Crippen LogP contribution is -2.43. The predicted molar refractivity (Wildman–Crippen MR) is 60.4 cm³/mol. The Morgan fingerprint density at radius 3 is 2.94 bits per heavy atom. The highest BCUT2D eigenvalue weighted by Gasteiger charge is 2.36. The van der Waals surface area contributed by atoms with E-state index >= 15 is 0 Å². The topological polar surface area (TPSA) is 67.2 Å². The molecule has 5 heteroatoms. The van der Waals surface area contributed by atoms with E-state index in [9.17, 15) is 4.79 Å². The fourth-order valence-corrected chi connectivity index (χ4v) is 2.08. The first kappa shape index (κ1) is 11.0. The Balaban J connectivity index is 2.06. The van der Waals surface area contributed by atoms with E-state index in [4.69, 9.17) is 5.11 Å². The number of aromatic nitrogens is 2. The van der Waals surface area contributed by atoms with Crippen molar-refractivity contribution >= 4 is 11.7 Å². The summed E-state index contributed by atoms with van der Waals surface area (Å²) in [6, 6.07) is 0.0620. The lowest BCUT2D eigenvalue weighted by atomic mass is 9.79. The van der Waals surface area contributed by atoms with E-state index in [0.717, 1.165) is 30.6 Å². The molecule has 1 aliphatic carbocycles. The van der Waals surface area contributed by atoms with Gasteiger partial charge in [-0.1, -0.05) is 6.92 Å². The van der Waals surface area contributed by atoms with Gasteiger partial charge in [-0.2, -0.15) is 5.10 Å². The van der Waals surface area contributed by atoms with E-state index in [1.165, 1.54) is 0 Å². The summed E-state index contributed by atoms with van der Waals surface area (Å²) in [5, 5.41) is 16.6. The number of hydrogen-bond donors (Lipinski definition) is 2. The molecule has 0 amide bonds. The number of nitrogens with zero attached hydrogens (tertiary/aromatic N) is 2. The van der Waals surface area contributed by atoms with Crippen molar-refractivity contribution in [3.05, 3.63) is 11.9 Å². The SMILES string of the molecule is CCc1nn(C)cc1NC1CCC1C(=O)O. The van der Waals surface area contributed by atoms with Crippen molar-refractivity contribution in [1.29, 1.82) is 0 Å². The Morgan fingerprint density at radius 2 is 2.44 bits per heavy atom. The molecule has 2 N–H and O–H groups in total. The quantitative estimate of drug-likeness (QED) is 0.806. The van der Waals surface area contributed by atoms with Gasteiger partial charge >= 0.3 is 5.97 Å². The number of aliphatic carboxylic acids is 1. The molecule has 0 saturated heterocycles. The number of aryl methyl sites for hydroxylation is 2. The number of anilines is 1. The van der Waals surface area contributed by atoms with Gasteiger partial charge in [-0.15, -0.1) is 0 Å². The average molecular weight is 223 g/mol. The van der Waals surface area contributed by atoms with Gasteiger partial charge in [-0.25, -0.2) is 0 Å². The molecule has 1 aromatic rings. The molecule has 0 spiro atoms. The number of carboxylic acids is 1. The largest absolute Gasteiger partial charge is 0.481 e. The highest BCUT2D eigenvalue weighted by atomic mass is 16.4. The molecule has 1 aliphatic rings. The number of carboxylic acid groups (broad SMARTS) is 1. The summed E-state index contributed by atoms with van der Waals surface area (Å²) >= 11 is 0. The van der Waals surface area contributed by atoms with E-state index in [2.05, 4.69) is 10.4 Å². The standard InChI is InChI=1S/C11H17N3O2/c1-3-8-10(6-14(2)13-8)12-9-5-4-7(9)11(15)16/h6-7,9,12H,3-5H2,1-2H3,(H,15,16). The Morgan fingerprint density at radius 1 is 1.69 bits per heavy atom. The van der Waals surface area contributed by atoms with Crippen LogP contribution in [0.4, 0.5) is 5.69 Å². The van der Waals surface area contributed by atoms with E-state index in [1.807, 2.05) is 20.2 Å². The summed E-state index contributed by atoms with van der Waals surface area (Å²) in [5.41, 5.74) is 1.97. The van der Waals surface area contributed by atoms with Crippen LogP contribution in [-0.2, 0) is 18.3 Å². The number of rotatable bonds is 4. The molecule has 1 heterocycles. The molecule has 0 aromatic carbocycles. The number of hydrogen-bond acceptors (Lipinski definition) is 3. The van der Waals surface area contributed by atoms with Crippen molar-refractivity contribution in [2.75, 3.05) is 5.32 Å². The second kappa shape index (κ2) is 4.15. The Kier molecular flexibility index (Phi) is 2.85. The molecule has 0 aliphatic heterocycles. The molecular weight excluding hydrogens is 206 g/mol. The molecule has 1 aromatic heterocycles. The maximum absolute atomic E-state index is 10.9. The molecule has 2 atom stereocenters. The average Bonchev–Trinajstić information content (AvgIpc) is 2.52. The zero-order valence-corrected chi connectivity index (χ0v) is 9.60. The normalized spacial score (nSPS) is 23.9. The van der Waals surface area contributed by atoms with Crippen LogP contribution < -0.4 is 5.32 Å². The van der Waals surface area contributed by atoms with Crippen LogP contribution in [0, 0.1) is 5.92 Å². The van der Waals surface area contributed by atoms with Crippen LogP contribution in [-0.4, -0.2) is 26.9 Å².